The van der Waals surface area contributed by atoms with Gasteiger partial charge in [-0.25, -0.2) is 4.98 Å². The normalized spacial score (nSPS) is 18.8. The predicted molar refractivity (Wildman–Crippen MR) is 165 cm³/mol. The van der Waals surface area contributed by atoms with Crippen molar-refractivity contribution in [3.05, 3.63) is 117 Å². The molecule has 0 unspecified atom stereocenters. The summed E-state index contributed by atoms with van der Waals surface area (Å²) < 4.78 is 3.05. The van der Waals surface area contributed by atoms with Gasteiger partial charge in [0.25, 0.3) is 0 Å². The van der Waals surface area contributed by atoms with E-state index in [4.69, 9.17) is 16.6 Å². The smallest absolute Gasteiger partial charge is 0.241 e. The van der Waals surface area contributed by atoms with E-state index in [9.17, 15) is 4.79 Å². The second kappa shape index (κ2) is 12.9. The third-order valence-electron chi connectivity index (χ3n) is 8.09. The first kappa shape index (κ1) is 28.1. The summed E-state index contributed by atoms with van der Waals surface area (Å²) >= 11 is 10.1. The molecule has 1 fully saturated rings. The second-order valence-electron chi connectivity index (χ2n) is 10.8. The van der Waals surface area contributed by atoms with E-state index in [0.29, 0.717) is 19.6 Å². The summed E-state index contributed by atoms with van der Waals surface area (Å²) in [6.07, 6.45) is 10.1. The molecule has 212 valence electrons. The van der Waals surface area contributed by atoms with E-state index in [2.05, 4.69) is 66.0 Å². The van der Waals surface area contributed by atoms with Crippen molar-refractivity contribution < 1.29 is 4.79 Å². The molecule has 0 saturated carbocycles. The molecule has 6 rings (SSSR count). The molecule has 3 heterocycles. The van der Waals surface area contributed by atoms with E-state index >= 15 is 0 Å². The lowest BCUT2D eigenvalue weighted by Crippen LogP contribution is -2.58. The highest BCUT2D eigenvalue weighted by molar-refractivity contribution is 9.10. The number of benzene rings is 2. The van der Waals surface area contributed by atoms with E-state index in [-0.39, 0.29) is 18.0 Å². The maximum Gasteiger partial charge on any atom is 0.241 e. The van der Waals surface area contributed by atoms with Crippen LogP contribution in [-0.2, 0) is 30.7 Å². The first-order valence-corrected chi connectivity index (χ1v) is 15.4. The Morgan fingerprint density at radius 3 is 2.80 bits per heavy atom. The van der Waals surface area contributed by atoms with E-state index in [1.54, 1.807) is 6.20 Å². The number of nitrogens with zero attached hydrogens (tertiary/aromatic N) is 5. The average Bonchev–Trinajstić information content (AvgIpc) is 3.46. The zero-order valence-electron chi connectivity index (χ0n) is 22.9. The van der Waals surface area contributed by atoms with Gasteiger partial charge in [-0.15, -0.1) is 0 Å². The summed E-state index contributed by atoms with van der Waals surface area (Å²) in [4.78, 5) is 27.7. The van der Waals surface area contributed by atoms with Gasteiger partial charge < -0.3 is 14.8 Å². The van der Waals surface area contributed by atoms with Crippen molar-refractivity contribution in [3.63, 3.8) is 0 Å². The number of piperazine rings is 1. The van der Waals surface area contributed by atoms with Crippen molar-refractivity contribution >= 4 is 33.4 Å². The van der Waals surface area contributed by atoms with E-state index in [1.165, 1.54) is 16.7 Å². The Bertz CT molecular complexity index is 1430. The number of halogens is 2. The molecule has 41 heavy (non-hydrogen) atoms. The summed E-state index contributed by atoms with van der Waals surface area (Å²) in [5, 5.41) is 4.30. The lowest BCUT2D eigenvalue weighted by atomic mass is 9.95. The summed E-state index contributed by atoms with van der Waals surface area (Å²) in [5.74, 6) is 0.137. The first-order valence-electron chi connectivity index (χ1n) is 14.2. The van der Waals surface area contributed by atoms with Gasteiger partial charge in [-0.2, -0.15) is 0 Å². The van der Waals surface area contributed by atoms with Crippen molar-refractivity contribution in [2.24, 2.45) is 0 Å². The highest BCUT2D eigenvalue weighted by Crippen LogP contribution is 2.38. The fraction of sp³-hybridized carbons (Fsp3) is 0.344. The average molecular weight is 634 g/mol. The third kappa shape index (κ3) is 6.56. The van der Waals surface area contributed by atoms with Crippen molar-refractivity contribution in [1.82, 2.24) is 29.7 Å². The van der Waals surface area contributed by atoms with Crippen LogP contribution in [0.15, 0.2) is 84.0 Å². The zero-order chi connectivity index (χ0) is 28.2. The van der Waals surface area contributed by atoms with E-state index in [0.717, 1.165) is 59.6 Å². The van der Waals surface area contributed by atoms with Crippen LogP contribution in [0.1, 0.15) is 40.4 Å². The molecule has 1 saturated heterocycles. The van der Waals surface area contributed by atoms with Crippen LogP contribution in [-0.4, -0.2) is 62.5 Å². The lowest BCUT2D eigenvalue weighted by Gasteiger charge is -2.40. The lowest BCUT2D eigenvalue weighted by molar-refractivity contribution is -0.135. The molecule has 2 aliphatic rings. The van der Waals surface area contributed by atoms with Crippen molar-refractivity contribution in [2.45, 2.75) is 44.4 Å². The van der Waals surface area contributed by atoms with Gasteiger partial charge in [0, 0.05) is 67.4 Å². The van der Waals surface area contributed by atoms with Crippen LogP contribution in [0, 0.1) is 0 Å². The Balaban J connectivity index is 1.26. The molecule has 1 aliphatic carbocycles. The Labute approximate surface area is 254 Å². The molecule has 0 spiro atoms. The first-order chi connectivity index (χ1) is 20.0. The van der Waals surface area contributed by atoms with Gasteiger partial charge in [0.2, 0.25) is 5.91 Å². The third-order valence-corrected chi connectivity index (χ3v) is 8.76. The van der Waals surface area contributed by atoms with Crippen molar-refractivity contribution in [2.75, 3.05) is 26.2 Å². The number of imidazole rings is 1. The van der Waals surface area contributed by atoms with Crippen LogP contribution < -0.4 is 5.32 Å². The standard InChI is InChI=1S/C32H34BrClN6O/c33-26-17-25-8-7-24-18-27(34)9-10-28(24)31(30(25)37-19-26)39-16-12-36-29(21-39)32(41)40(20-23-5-2-1-3-6-23)14-4-13-38-15-11-35-22-38/h1-3,5-6,9-11,15,17-19,22,29,31,36H,4,7-8,12-14,16,20-21H2/t29-,31-/m1/s1. The molecule has 7 nitrogen and oxygen atoms in total. The molecular weight excluding hydrogens is 600 g/mol. The molecule has 0 bridgehead atoms. The monoisotopic (exact) mass is 632 g/mol. The minimum absolute atomic E-state index is 0.0333. The van der Waals surface area contributed by atoms with Crippen molar-refractivity contribution in [3.8, 4) is 0 Å². The quantitative estimate of drug-likeness (QED) is 0.286. The van der Waals surface area contributed by atoms with Crippen LogP contribution in [0.3, 0.4) is 0 Å². The molecule has 1 amide bonds. The van der Waals surface area contributed by atoms with E-state index in [1.807, 2.05) is 47.9 Å². The number of amides is 1. The predicted octanol–water partition coefficient (Wildman–Crippen LogP) is 5.27. The molecule has 4 aromatic rings. The maximum atomic E-state index is 14.2. The van der Waals surface area contributed by atoms with E-state index < -0.39 is 0 Å². The molecule has 0 radical (unpaired) electrons. The Morgan fingerprint density at radius 1 is 1.12 bits per heavy atom. The number of hydrogen-bond donors (Lipinski definition) is 1. The number of rotatable bonds is 8. The van der Waals surface area contributed by atoms with Gasteiger partial charge in [-0.3, -0.25) is 14.7 Å². The zero-order valence-corrected chi connectivity index (χ0v) is 25.3. The Morgan fingerprint density at radius 2 is 1.98 bits per heavy atom. The van der Waals surface area contributed by atoms with Crippen LogP contribution in [0.25, 0.3) is 0 Å². The highest BCUT2D eigenvalue weighted by atomic mass is 79.9. The second-order valence-corrected chi connectivity index (χ2v) is 12.2. The highest BCUT2D eigenvalue weighted by Gasteiger charge is 2.36. The summed E-state index contributed by atoms with van der Waals surface area (Å²) in [6.45, 7) is 4.25. The topological polar surface area (TPSA) is 66.3 Å². The number of nitrogens with one attached hydrogen (secondary N) is 1. The number of carbonyl (C=O) groups excluding carboxylic acids is 1. The molecule has 2 atom stereocenters. The number of carbonyl (C=O) groups is 1. The van der Waals surface area contributed by atoms with Gasteiger partial charge in [-0.1, -0.05) is 48.0 Å². The molecule has 2 aromatic heterocycles. The largest absolute Gasteiger partial charge is 0.337 e. The fourth-order valence-electron chi connectivity index (χ4n) is 6.11. The minimum atomic E-state index is -0.307. The SMILES string of the molecule is O=C([C@H]1CN([C@@H]2c3ccc(Cl)cc3CCc3cc(Br)cnc32)CCN1)N(CCCn1ccnc1)Cc1ccccc1. The summed E-state index contributed by atoms with van der Waals surface area (Å²) in [7, 11) is 0. The van der Waals surface area contributed by atoms with Gasteiger partial charge >= 0.3 is 0 Å². The van der Waals surface area contributed by atoms with Gasteiger partial charge in [0.05, 0.1) is 24.1 Å². The summed E-state index contributed by atoms with van der Waals surface area (Å²) in [5.41, 5.74) is 5.93. The Hall–Kier alpha value is -3.04. The van der Waals surface area contributed by atoms with Crippen LogP contribution in [0.2, 0.25) is 5.02 Å². The molecular formula is C32H34BrClN6O. The Kier molecular flexibility index (Phi) is 8.81. The van der Waals surface area contributed by atoms with Crippen molar-refractivity contribution in [1.29, 1.82) is 0 Å². The minimum Gasteiger partial charge on any atom is -0.337 e. The number of aromatic nitrogens is 3. The van der Waals surface area contributed by atoms with Gasteiger partial charge in [-0.05, 0) is 75.6 Å². The molecule has 1 N–H and O–H groups in total. The number of pyridine rings is 1. The molecule has 9 heteroatoms. The number of aryl methyl sites for hydroxylation is 3. The number of hydrogen-bond acceptors (Lipinski definition) is 5. The van der Waals surface area contributed by atoms with Crippen LogP contribution in [0.4, 0.5) is 0 Å². The maximum absolute atomic E-state index is 14.2. The van der Waals surface area contributed by atoms with Crippen LogP contribution in [0.5, 0.6) is 0 Å². The summed E-state index contributed by atoms with van der Waals surface area (Å²) in [6, 6.07) is 18.3. The number of fused-ring (bicyclic) bond motifs is 2. The molecule has 2 aromatic carbocycles. The van der Waals surface area contributed by atoms with Gasteiger partial charge in [0.1, 0.15) is 0 Å². The van der Waals surface area contributed by atoms with Crippen LogP contribution >= 0.6 is 27.5 Å². The fourth-order valence-corrected chi connectivity index (χ4v) is 6.68. The van der Waals surface area contributed by atoms with Gasteiger partial charge in [0.15, 0.2) is 0 Å². The molecule has 1 aliphatic heterocycles.